The van der Waals surface area contributed by atoms with Crippen molar-refractivity contribution in [3.05, 3.63) is 74.1 Å². The number of rotatable bonds is 4. The second-order valence-corrected chi connectivity index (χ2v) is 6.64. The average Bonchev–Trinajstić information content (AvgIpc) is 2.43. The summed E-state index contributed by atoms with van der Waals surface area (Å²) in [6.45, 7) is 0. The molecule has 0 N–H and O–H groups in total. The molecule has 1 unspecified atom stereocenters. The lowest BCUT2D eigenvalue weighted by Crippen LogP contribution is -1.99. The lowest BCUT2D eigenvalue weighted by Gasteiger charge is -2.06. The van der Waals surface area contributed by atoms with Gasteiger partial charge in [0.05, 0.1) is 10.0 Å². The minimum atomic E-state index is -1.12. The second-order valence-electron chi connectivity index (χ2n) is 4.10. The van der Waals surface area contributed by atoms with Gasteiger partial charge in [-0.2, -0.15) is 0 Å². The van der Waals surface area contributed by atoms with Crippen molar-refractivity contribution in [1.82, 2.24) is 0 Å². The summed E-state index contributed by atoms with van der Waals surface area (Å²) in [4.78, 5) is 0. The molecule has 0 aromatic heterocycles. The molecule has 0 radical (unpaired) electrons. The zero-order valence-corrected chi connectivity index (χ0v) is 13.4. The topological polar surface area (TPSA) is 23.1 Å². The van der Waals surface area contributed by atoms with Crippen molar-refractivity contribution in [3.8, 4) is 0 Å². The molecule has 1 nitrogen and oxygen atoms in total. The van der Waals surface area contributed by atoms with E-state index in [4.69, 9.17) is 34.8 Å². The summed E-state index contributed by atoms with van der Waals surface area (Å²) in [6, 6.07) is 12.6. The van der Waals surface area contributed by atoms with Crippen LogP contribution in [0, 0.1) is 0 Å². The summed E-state index contributed by atoms with van der Waals surface area (Å²) >= 11 is 16.7. The SMILES string of the molecule is [O-][S+](C=Cc1cccc(Cl)c1Cl)Cc1ccc(Cl)cc1. The fourth-order valence-electron chi connectivity index (χ4n) is 1.59. The highest BCUT2D eigenvalue weighted by molar-refractivity contribution is 7.93. The first-order chi connectivity index (χ1) is 9.56. The van der Waals surface area contributed by atoms with Gasteiger partial charge in [-0.25, -0.2) is 0 Å². The van der Waals surface area contributed by atoms with Gasteiger partial charge >= 0.3 is 0 Å². The van der Waals surface area contributed by atoms with Crippen LogP contribution in [0.5, 0.6) is 0 Å². The van der Waals surface area contributed by atoms with Crippen LogP contribution in [0.2, 0.25) is 15.1 Å². The van der Waals surface area contributed by atoms with E-state index < -0.39 is 11.2 Å². The van der Waals surface area contributed by atoms with Crippen molar-refractivity contribution in [1.29, 1.82) is 0 Å². The quantitative estimate of drug-likeness (QED) is 0.665. The van der Waals surface area contributed by atoms with Crippen molar-refractivity contribution in [3.63, 3.8) is 0 Å². The highest BCUT2D eigenvalue weighted by Crippen LogP contribution is 2.26. The maximum Gasteiger partial charge on any atom is 0.135 e. The number of hydrogen-bond acceptors (Lipinski definition) is 1. The minimum absolute atomic E-state index is 0.436. The largest absolute Gasteiger partial charge is 0.612 e. The van der Waals surface area contributed by atoms with Crippen molar-refractivity contribution >= 4 is 52.1 Å². The monoisotopic (exact) mass is 344 g/mol. The molecule has 104 valence electrons. The molecular formula is C15H11Cl3OS. The highest BCUT2D eigenvalue weighted by Gasteiger charge is 2.06. The van der Waals surface area contributed by atoms with Crippen LogP contribution in [0.15, 0.2) is 47.9 Å². The Bertz CT molecular complexity index is 611. The summed E-state index contributed by atoms with van der Waals surface area (Å²) in [5, 5.41) is 3.23. The van der Waals surface area contributed by atoms with Gasteiger partial charge in [-0.3, -0.25) is 0 Å². The zero-order valence-electron chi connectivity index (χ0n) is 10.4. The van der Waals surface area contributed by atoms with E-state index in [9.17, 15) is 4.55 Å². The Hall–Kier alpha value is -0.640. The van der Waals surface area contributed by atoms with Crippen LogP contribution in [0.3, 0.4) is 0 Å². The van der Waals surface area contributed by atoms with Gasteiger partial charge in [0.2, 0.25) is 0 Å². The van der Waals surface area contributed by atoms with Gasteiger partial charge < -0.3 is 4.55 Å². The van der Waals surface area contributed by atoms with Crippen LogP contribution >= 0.6 is 34.8 Å². The molecule has 0 aliphatic carbocycles. The molecule has 0 bridgehead atoms. The van der Waals surface area contributed by atoms with Crippen LogP contribution in [-0.2, 0) is 16.9 Å². The average molecular weight is 346 g/mol. The molecule has 0 spiro atoms. The Balaban J connectivity index is 2.03. The van der Waals surface area contributed by atoms with Gasteiger partial charge in [-0.1, -0.05) is 59.1 Å². The van der Waals surface area contributed by atoms with Crippen molar-refractivity contribution in [2.45, 2.75) is 5.75 Å². The molecule has 0 aliphatic heterocycles. The summed E-state index contributed by atoms with van der Waals surface area (Å²) in [5.41, 5.74) is 1.72. The summed E-state index contributed by atoms with van der Waals surface area (Å²) < 4.78 is 12.0. The first-order valence-corrected chi connectivity index (χ1v) is 8.31. The van der Waals surface area contributed by atoms with Gasteiger partial charge in [0.1, 0.15) is 11.2 Å². The maximum absolute atomic E-state index is 12.0. The fraction of sp³-hybridized carbons (Fsp3) is 0.0667. The first kappa shape index (κ1) is 15.7. The third-order valence-corrected chi connectivity index (χ3v) is 4.75. The molecule has 0 saturated heterocycles. The van der Waals surface area contributed by atoms with E-state index in [0.717, 1.165) is 11.1 Å². The molecule has 0 aliphatic rings. The van der Waals surface area contributed by atoms with Gasteiger partial charge in [-0.05, 0) is 41.0 Å². The van der Waals surface area contributed by atoms with Crippen LogP contribution in [-0.4, -0.2) is 4.55 Å². The number of halogens is 3. The van der Waals surface area contributed by atoms with E-state index in [1.165, 1.54) is 0 Å². The normalized spacial score (nSPS) is 12.8. The van der Waals surface area contributed by atoms with Crippen molar-refractivity contribution in [2.75, 3.05) is 0 Å². The van der Waals surface area contributed by atoms with Crippen molar-refractivity contribution in [2.24, 2.45) is 0 Å². The van der Waals surface area contributed by atoms with Crippen LogP contribution in [0.1, 0.15) is 11.1 Å². The zero-order chi connectivity index (χ0) is 14.5. The molecule has 0 heterocycles. The van der Waals surface area contributed by atoms with Crippen LogP contribution in [0.25, 0.3) is 6.08 Å². The smallest absolute Gasteiger partial charge is 0.135 e. The summed E-state index contributed by atoms with van der Waals surface area (Å²) in [6.07, 6.45) is 1.72. The molecule has 1 atom stereocenters. The third kappa shape index (κ3) is 4.44. The maximum atomic E-state index is 12.0. The van der Waals surface area contributed by atoms with E-state index >= 15 is 0 Å². The lowest BCUT2D eigenvalue weighted by atomic mass is 10.2. The van der Waals surface area contributed by atoms with Gasteiger partial charge in [-0.15, -0.1) is 0 Å². The van der Waals surface area contributed by atoms with Crippen LogP contribution in [0.4, 0.5) is 0 Å². The highest BCUT2D eigenvalue weighted by atomic mass is 35.5. The predicted octanol–water partition coefficient (Wildman–Crippen LogP) is 5.57. The Kier molecular flexibility index (Phi) is 5.82. The summed E-state index contributed by atoms with van der Waals surface area (Å²) in [7, 11) is 0. The standard InChI is InChI=1S/C15H11Cl3OS/c16-13-6-4-11(5-7-13)10-20(19)9-8-12-2-1-3-14(17)15(12)18/h1-9H,10H2. The molecular weight excluding hydrogens is 335 g/mol. The Morgan fingerprint density at radius 2 is 1.70 bits per heavy atom. The van der Waals surface area contributed by atoms with E-state index in [0.29, 0.717) is 20.8 Å². The molecule has 0 saturated carbocycles. The van der Waals surface area contributed by atoms with E-state index in [-0.39, 0.29) is 0 Å². The number of hydrogen-bond donors (Lipinski definition) is 0. The van der Waals surface area contributed by atoms with Crippen molar-refractivity contribution < 1.29 is 4.55 Å². The third-order valence-electron chi connectivity index (χ3n) is 2.60. The molecule has 20 heavy (non-hydrogen) atoms. The minimum Gasteiger partial charge on any atom is -0.612 e. The predicted molar refractivity (Wildman–Crippen MR) is 88.8 cm³/mol. The molecule has 2 aromatic carbocycles. The van der Waals surface area contributed by atoms with Gasteiger partial charge in [0.15, 0.2) is 0 Å². The molecule has 2 aromatic rings. The molecule has 0 fully saturated rings. The Labute approximate surface area is 136 Å². The Morgan fingerprint density at radius 1 is 1.00 bits per heavy atom. The molecule has 0 amide bonds. The van der Waals surface area contributed by atoms with E-state index in [1.54, 1.807) is 35.7 Å². The fourth-order valence-corrected chi connectivity index (χ4v) is 3.00. The van der Waals surface area contributed by atoms with Gasteiger partial charge in [0, 0.05) is 10.6 Å². The van der Waals surface area contributed by atoms with Crippen LogP contribution < -0.4 is 0 Å². The van der Waals surface area contributed by atoms with E-state index in [1.807, 2.05) is 18.2 Å². The lowest BCUT2D eigenvalue weighted by molar-refractivity contribution is 0.603. The first-order valence-electron chi connectivity index (χ1n) is 5.80. The number of benzene rings is 2. The molecule has 2 rings (SSSR count). The Morgan fingerprint density at radius 3 is 2.40 bits per heavy atom. The van der Waals surface area contributed by atoms with E-state index in [2.05, 4.69) is 0 Å². The second kappa shape index (κ2) is 7.39. The van der Waals surface area contributed by atoms with Gasteiger partial charge in [0.25, 0.3) is 0 Å². The summed E-state index contributed by atoms with van der Waals surface area (Å²) in [5.74, 6) is 0.436. The molecule has 5 heteroatoms.